The lowest BCUT2D eigenvalue weighted by molar-refractivity contribution is 0.106. The third-order valence-electron chi connectivity index (χ3n) is 7.09. The molecule has 0 N–H and O–H groups in total. The molecule has 1 spiro atoms. The summed E-state index contributed by atoms with van der Waals surface area (Å²) in [7, 11) is 0. The van der Waals surface area contributed by atoms with Gasteiger partial charge in [0.2, 0.25) is 10.8 Å². The molecule has 2 aliphatic rings. The zero-order valence-electron chi connectivity index (χ0n) is 21.8. The molecule has 0 fully saturated rings. The second kappa shape index (κ2) is 10.4. The van der Waals surface area contributed by atoms with Crippen molar-refractivity contribution in [3.63, 3.8) is 0 Å². The molecule has 5 aromatic carbocycles. The van der Waals surface area contributed by atoms with Gasteiger partial charge in [-0.05, 0) is 48.2 Å². The molecule has 1 atom stereocenters. The van der Waals surface area contributed by atoms with Crippen LogP contribution in [0.3, 0.4) is 0 Å². The topological polar surface area (TPSA) is 48.3 Å². The molecule has 2 aliphatic heterocycles. The largest absolute Gasteiger partial charge is 0.286 e. The first-order valence-corrected chi connectivity index (χ1v) is 14.4. The Morgan fingerprint density at radius 2 is 1.17 bits per heavy atom. The number of carbonyl (C=O) groups is 1. The second-order valence-corrected chi connectivity index (χ2v) is 11.2. The van der Waals surface area contributed by atoms with Crippen LogP contribution in [0.5, 0.6) is 0 Å². The van der Waals surface area contributed by atoms with Crippen molar-refractivity contribution in [2.75, 3.05) is 10.0 Å². The fourth-order valence-electron chi connectivity index (χ4n) is 5.20. The van der Waals surface area contributed by atoms with Gasteiger partial charge in [-0.3, -0.25) is 4.79 Å². The van der Waals surface area contributed by atoms with E-state index in [2.05, 4.69) is 12.1 Å². The SMILES string of the molecule is O=C(C1=NN(c2ccccc2)[C@@]2(S1)c1ccccc1C(c1ccc(Cl)cc1)=NN2c1ccccc1)c1ccccc1. The first kappa shape index (κ1) is 25.3. The van der Waals surface area contributed by atoms with Crippen LogP contribution in [0.4, 0.5) is 11.4 Å². The molecular formula is C34H23ClN4OS. The van der Waals surface area contributed by atoms with E-state index in [1.807, 2.05) is 137 Å². The van der Waals surface area contributed by atoms with Crippen LogP contribution in [-0.4, -0.2) is 16.5 Å². The molecule has 0 bridgehead atoms. The smallest absolute Gasteiger partial charge is 0.234 e. The number of hydrazone groups is 2. The van der Waals surface area contributed by atoms with E-state index in [0.29, 0.717) is 15.6 Å². The third kappa shape index (κ3) is 4.32. The van der Waals surface area contributed by atoms with Crippen molar-refractivity contribution in [1.29, 1.82) is 0 Å². The van der Waals surface area contributed by atoms with E-state index >= 15 is 0 Å². The van der Waals surface area contributed by atoms with Crippen molar-refractivity contribution in [3.8, 4) is 0 Å². The third-order valence-corrected chi connectivity index (χ3v) is 8.65. The standard InChI is InChI=1S/C34H23ClN4OS/c35-26-22-20-24(21-23-26)31-29-18-10-11-19-30(29)34(38(36-31)27-14-6-2-7-15-27)39(28-16-8-3-9-17-28)37-33(41-34)32(40)25-12-4-1-5-13-25/h1-23H/t34-/m1/s1. The fraction of sp³-hybridized carbons (Fsp3) is 0.0294. The molecule has 0 saturated heterocycles. The highest BCUT2D eigenvalue weighted by Gasteiger charge is 2.56. The number of para-hydroxylation sites is 2. The number of hydrogen-bond donors (Lipinski definition) is 0. The van der Waals surface area contributed by atoms with Crippen molar-refractivity contribution in [3.05, 3.63) is 167 Å². The average Bonchev–Trinajstić information content (AvgIpc) is 3.44. The van der Waals surface area contributed by atoms with E-state index < -0.39 is 4.99 Å². The molecule has 0 aliphatic carbocycles. The summed E-state index contributed by atoms with van der Waals surface area (Å²) < 4.78 is 0. The number of ketones is 1. The normalized spacial score (nSPS) is 17.7. The number of rotatable bonds is 5. The summed E-state index contributed by atoms with van der Waals surface area (Å²) in [6.07, 6.45) is 0. The van der Waals surface area contributed by atoms with E-state index in [9.17, 15) is 4.79 Å². The number of nitrogens with zero attached hydrogens (tertiary/aromatic N) is 4. The van der Waals surface area contributed by atoms with E-state index in [0.717, 1.165) is 33.8 Å². The van der Waals surface area contributed by atoms with Gasteiger partial charge >= 0.3 is 0 Å². The van der Waals surface area contributed by atoms with Gasteiger partial charge in [0.1, 0.15) is 0 Å². The molecule has 5 nitrogen and oxygen atoms in total. The van der Waals surface area contributed by atoms with Crippen molar-refractivity contribution in [1.82, 2.24) is 0 Å². The van der Waals surface area contributed by atoms with Crippen molar-refractivity contribution in [2.24, 2.45) is 10.2 Å². The number of halogens is 1. The molecule has 0 aromatic heterocycles. The Labute approximate surface area is 247 Å². The van der Waals surface area contributed by atoms with E-state index in [-0.39, 0.29) is 5.78 Å². The van der Waals surface area contributed by atoms with Crippen molar-refractivity contribution >= 4 is 51.3 Å². The summed E-state index contributed by atoms with van der Waals surface area (Å²) in [6, 6.07) is 45.2. The van der Waals surface area contributed by atoms with E-state index in [4.69, 9.17) is 21.8 Å². The molecule has 0 radical (unpaired) electrons. The van der Waals surface area contributed by atoms with Crippen LogP contribution in [0.15, 0.2) is 150 Å². The minimum atomic E-state index is -1.02. The van der Waals surface area contributed by atoms with Gasteiger partial charge in [-0.2, -0.15) is 10.2 Å². The van der Waals surface area contributed by atoms with Gasteiger partial charge in [0, 0.05) is 27.3 Å². The van der Waals surface area contributed by atoms with Crippen LogP contribution in [0.2, 0.25) is 5.02 Å². The summed E-state index contributed by atoms with van der Waals surface area (Å²) >= 11 is 7.66. The number of hydrogen-bond acceptors (Lipinski definition) is 6. The van der Waals surface area contributed by atoms with Crippen molar-refractivity contribution < 1.29 is 4.79 Å². The Morgan fingerprint density at radius 1 is 0.634 bits per heavy atom. The molecule has 0 amide bonds. The summed E-state index contributed by atoms with van der Waals surface area (Å²) in [5.41, 5.74) is 5.97. The predicted octanol–water partition coefficient (Wildman–Crippen LogP) is 8.17. The van der Waals surface area contributed by atoms with E-state index in [1.54, 1.807) is 0 Å². The maximum absolute atomic E-state index is 13.9. The molecule has 5 aromatic rings. The molecule has 41 heavy (non-hydrogen) atoms. The number of Topliss-reactive ketones (excluding diaryl/α,β-unsaturated/α-hetero) is 1. The Morgan fingerprint density at radius 3 is 1.80 bits per heavy atom. The van der Waals surface area contributed by atoms with Gasteiger partial charge in [0.05, 0.1) is 17.1 Å². The number of benzene rings is 5. The molecule has 7 rings (SSSR count). The number of fused-ring (bicyclic) bond motifs is 2. The maximum Gasteiger partial charge on any atom is 0.234 e. The molecule has 198 valence electrons. The molecule has 0 unspecified atom stereocenters. The van der Waals surface area contributed by atoms with Crippen LogP contribution >= 0.6 is 23.4 Å². The Kier molecular flexibility index (Phi) is 6.42. The lowest BCUT2D eigenvalue weighted by Crippen LogP contribution is -2.54. The lowest BCUT2D eigenvalue weighted by atomic mass is 9.93. The molecule has 7 heteroatoms. The molecule has 0 saturated carbocycles. The van der Waals surface area contributed by atoms with Gasteiger partial charge < -0.3 is 0 Å². The van der Waals surface area contributed by atoms with Crippen LogP contribution < -0.4 is 10.0 Å². The second-order valence-electron chi connectivity index (χ2n) is 9.61. The number of carbonyl (C=O) groups excluding carboxylic acids is 1. The first-order chi connectivity index (χ1) is 20.1. The van der Waals surface area contributed by atoms with E-state index in [1.165, 1.54) is 11.8 Å². The summed E-state index contributed by atoms with van der Waals surface area (Å²) in [4.78, 5) is 12.9. The number of thioether (sulfide) groups is 1. The molecule has 2 heterocycles. The minimum Gasteiger partial charge on any atom is -0.286 e. The maximum atomic E-state index is 13.9. The van der Waals surface area contributed by atoms with Gasteiger partial charge in [-0.15, -0.1) is 0 Å². The fourth-order valence-corrected chi connectivity index (χ4v) is 6.68. The monoisotopic (exact) mass is 570 g/mol. The van der Waals surface area contributed by atoms with Crippen LogP contribution in [0, 0.1) is 0 Å². The minimum absolute atomic E-state index is 0.133. The highest BCUT2D eigenvalue weighted by molar-refractivity contribution is 8.17. The van der Waals surface area contributed by atoms with Gasteiger partial charge in [-0.25, -0.2) is 10.0 Å². The van der Waals surface area contributed by atoms with Crippen LogP contribution in [-0.2, 0) is 4.99 Å². The Hall–Kier alpha value is -4.65. The highest BCUT2D eigenvalue weighted by atomic mass is 35.5. The van der Waals surface area contributed by atoms with Gasteiger partial charge in [0.25, 0.3) is 0 Å². The van der Waals surface area contributed by atoms with Crippen LogP contribution in [0.25, 0.3) is 0 Å². The first-order valence-electron chi connectivity index (χ1n) is 13.2. The zero-order chi connectivity index (χ0) is 27.8. The lowest BCUT2D eigenvalue weighted by Gasteiger charge is -2.47. The summed E-state index contributed by atoms with van der Waals surface area (Å²) in [5, 5.41) is 15.3. The summed E-state index contributed by atoms with van der Waals surface area (Å²) in [5.74, 6) is -0.133. The zero-order valence-corrected chi connectivity index (χ0v) is 23.3. The number of anilines is 2. The van der Waals surface area contributed by atoms with Gasteiger partial charge in [0.15, 0.2) is 5.04 Å². The molecular weight excluding hydrogens is 548 g/mol. The van der Waals surface area contributed by atoms with Crippen LogP contribution in [0.1, 0.15) is 27.0 Å². The van der Waals surface area contributed by atoms with Crippen molar-refractivity contribution in [2.45, 2.75) is 4.99 Å². The summed E-state index contributed by atoms with van der Waals surface area (Å²) in [6.45, 7) is 0. The Bertz CT molecular complexity index is 1790. The highest BCUT2D eigenvalue weighted by Crippen LogP contribution is 2.55. The Balaban J connectivity index is 1.49. The average molecular weight is 571 g/mol. The quantitative estimate of drug-likeness (QED) is 0.200. The predicted molar refractivity (Wildman–Crippen MR) is 169 cm³/mol. The van der Waals surface area contributed by atoms with Gasteiger partial charge in [-0.1, -0.05) is 115 Å².